The minimum absolute atomic E-state index is 0.00595. The summed E-state index contributed by atoms with van der Waals surface area (Å²) in [5, 5.41) is 9.95. The average Bonchev–Trinajstić information content (AvgIpc) is 3.51. The number of nitrogen functional groups attached to an aromatic ring is 1. The second kappa shape index (κ2) is 8.23. The minimum atomic E-state index is -3.98. The number of amides is 1. The van der Waals surface area contributed by atoms with Crippen LogP contribution in [0.2, 0.25) is 0 Å². The molecule has 2 aromatic carbocycles. The Hall–Kier alpha value is -2.65. The summed E-state index contributed by atoms with van der Waals surface area (Å²) in [5.74, 6) is -0.450. The van der Waals surface area contributed by atoms with E-state index in [1.54, 1.807) is 40.7 Å². The fraction of sp³-hybridized carbons (Fsp3) is 0.480. The number of nitrogens with zero attached hydrogens (tertiary/aromatic N) is 2. The maximum atomic E-state index is 14.7. The van der Waals surface area contributed by atoms with Crippen molar-refractivity contribution in [2.24, 2.45) is 5.41 Å². The predicted molar refractivity (Wildman–Crippen MR) is 128 cm³/mol. The smallest absolute Gasteiger partial charge is 0.407 e. The topological polar surface area (TPSA) is 104 Å². The van der Waals surface area contributed by atoms with E-state index >= 15 is 0 Å². The van der Waals surface area contributed by atoms with Gasteiger partial charge in [0.25, 0.3) is 0 Å². The van der Waals surface area contributed by atoms with Crippen LogP contribution in [0.4, 0.5) is 14.9 Å². The number of halogens is 1. The van der Waals surface area contributed by atoms with Crippen LogP contribution in [0.1, 0.15) is 45.6 Å². The van der Waals surface area contributed by atoms with Gasteiger partial charge in [0.2, 0.25) is 10.0 Å². The van der Waals surface area contributed by atoms with Crippen molar-refractivity contribution in [2.75, 3.05) is 18.8 Å². The molecule has 1 aliphatic heterocycles. The number of anilines is 1. The fourth-order valence-electron chi connectivity index (χ4n) is 5.40. The van der Waals surface area contributed by atoms with E-state index < -0.39 is 38.4 Å². The van der Waals surface area contributed by atoms with Gasteiger partial charge >= 0.3 is 6.09 Å². The minimum Gasteiger partial charge on any atom is -0.465 e. The van der Waals surface area contributed by atoms with Crippen molar-refractivity contribution in [1.29, 1.82) is 0 Å². The van der Waals surface area contributed by atoms with E-state index in [-0.39, 0.29) is 30.8 Å². The summed E-state index contributed by atoms with van der Waals surface area (Å²) in [6.45, 7) is 5.88. The van der Waals surface area contributed by atoms with Gasteiger partial charge in [-0.3, -0.25) is 0 Å². The summed E-state index contributed by atoms with van der Waals surface area (Å²) in [7, 11) is -3.98. The molecule has 1 amide bonds. The molecule has 0 radical (unpaired) electrons. The maximum absolute atomic E-state index is 14.7. The van der Waals surface area contributed by atoms with Gasteiger partial charge in [0, 0.05) is 24.3 Å². The van der Waals surface area contributed by atoms with E-state index in [1.165, 1.54) is 17.0 Å². The number of hydrogen-bond acceptors (Lipinski definition) is 4. The first kappa shape index (κ1) is 24.5. The third-order valence-electron chi connectivity index (χ3n) is 7.48. The largest absolute Gasteiger partial charge is 0.465 e. The third-order valence-corrected chi connectivity index (χ3v) is 9.56. The first-order valence-electron chi connectivity index (χ1n) is 11.5. The quantitative estimate of drug-likeness (QED) is 0.608. The normalized spacial score (nSPS) is 22.6. The van der Waals surface area contributed by atoms with Crippen LogP contribution in [0.25, 0.3) is 0 Å². The van der Waals surface area contributed by atoms with Crippen molar-refractivity contribution in [2.45, 2.75) is 62.4 Å². The van der Waals surface area contributed by atoms with Gasteiger partial charge < -0.3 is 15.7 Å². The second-order valence-electron chi connectivity index (χ2n) is 10.5. The summed E-state index contributed by atoms with van der Waals surface area (Å²) < 4.78 is 44.6. The summed E-state index contributed by atoms with van der Waals surface area (Å²) in [6, 6.07) is 12.7. The van der Waals surface area contributed by atoms with E-state index in [0.29, 0.717) is 24.1 Å². The second-order valence-corrected chi connectivity index (χ2v) is 12.3. The zero-order valence-corrected chi connectivity index (χ0v) is 20.6. The lowest BCUT2D eigenvalue weighted by molar-refractivity contribution is -0.0569. The third kappa shape index (κ3) is 3.94. The highest BCUT2D eigenvalue weighted by Crippen LogP contribution is 2.57. The maximum Gasteiger partial charge on any atom is 0.407 e. The zero-order chi connectivity index (χ0) is 24.9. The predicted octanol–water partition coefficient (Wildman–Crippen LogP) is 4.34. The number of benzene rings is 2. The molecule has 9 heteroatoms. The van der Waals surface area contributed by atoms with Crippen molar-refractivity contribution in [3.63, 3.8) is 0 Å². The molecule has 0 aromatic heterocycles. The lowest BCUT2D eigenvalue weighted by Gasteiger charge is -2.59. The molecule has 34 heavy (non-hydrogen) atoms. The number of rotatable bonds is 5. The Morgan fingerprint density at radius 3 is 2.26 bits per heavy atom. The van der Waals surface area contributed by atoms with Gasteiger partial charge in [-0.15, -0.1) is 0 Å². The summed E-state index contributed by atoms with van der Waals surface area (Å²) in [5.41, 5.74) is 4.08. The van der Waals surface area contributed by atoms with E-state index in [2.05, 4.69) is 0 Å². The molecule has 2 fully saturated rings. The molecular weight excluding hydrogens is 457 g/mol. The Bertz CT molecular complexity index is 1170. The van der Waals surface area contributed by atoms with Gasteiger partial charge in [0.15, 0.2) is 0 Å². The van der Waals surface area contributed by atoms with Crippen molar-refractivity contribution in [3.8, 4) is 0 Å². The van der Waals surface area contributed by atoms with E-state index in [9.17, 15) is 22.7 Å². The van der Waals surface area contributed by atoms with Crippen LogP contribution in [0.5, 0.6) is 0 Å². The number of sulfonamides is 1. The number of piperazine rings is 1. The Balaban J connectivity index is 1.89. The highest BCUT2D eigenvalue weighted by molar-refractivity contribution is 7.89. The van der Waals surface area contributed by atoms with Gasteiger partial charge in [0.05, 0.1) is 16.0 Å². The summed E-state index contributed by atoms with van der Waals surface area (Å²) in [6.07, 6.45) is 0.465. The molecular formula is C25H32FN3O4S. The van der Waals surface area contributed by atoms with Crippen LogP contribution in [0.3, 0.4) is 0 Å². The first-order chi connectivity index (χ1) is 15.8. The van der Waals surface area contributed by atoms with Crippen LogP contribution in [0, 0.1) is 11.2 Å². The van der Waals surface area contributed by atoms with E-state index in [4.69, 9.17) is 5.73 Å². The Morgan fingerprint density at radius 1 is 1.09 bits per heavy atom. The highest BCUT2D eigenvalue weighted by Gasteiger charge is 2.67. The molecule has 1 saturated heterocycles. The molecule has 7 nitrogen and oxygen atoms in total. The van der Waals surface area contributed by atoms with Crippen molar-refractivity contribution < 1.29 is 22.7 Å². The van der Waals surface area contributed by atoms with Crippen LogP contribution in [-0.4, -0.2) is 53.0 Å². The van der Waals surface area contributed by atoms with E-state index in [0.717, 1.165) is 0 Å². The van der Waals surface area contributed by atoms with E-state index in [1.807, 2.05) is 20.8 Å². The van der Waals surface area contributed by atoms with Gasteiger partial charge in [-0.1, -0.05) is 45.0 Å². The monoisotopic (exact) mass is 489 g/mol. The molecule has 1 atom stereocenters. The van der Waals surface area contributed by atoms with Gasteiger partial charge in [-0.25, -0.2) is 17.6 Å². The van der Waals surface area contributed by atoms with Crippen LogP contribution in [0.15, 0.2) is 53.4 Å². The van der Waals surface area contributed by atoms with Crippen LogP contribution in [-0.2, 0) is 16.4 Å². The molecule has 1 saturated carbocycles. The number of carboxylic acid groups (broad SMARTS) is 1. The Morgan fingerprint density at radius 2 is 1.74 bits per heavy atom. The van der Waals surface area contributed by atoms with Crippen LogP contribution < -0.4 is 5.73 Å². The molecule has 184 valence electrons. The van der Waals surface area contributed by atoms with Crippen molar-refractivity contribution in [1.82, 2.24) is 9.21 Å². The number of carbonyl (C=O) groups is 1. The van der Waals surface area contributed by atoms with Gasteiger partial charge in [-0.2, -0.15) is 4.31 Å². The average molecular weight is 490 g/mol. The SMILES string of the molecule is CC(C)(C)C1(CCc2c(N)cccc2F)CN(C(=O)O)CC2(CC2)N1S(=O)(=O)c1ccccc1. The summed E-state index contributed by atoms with van der Waals surface area (Å²) >= 11 is 0. The van der Waals surface area contributed by atoms with Crippen molar-refractivity contribution >= 4 is 21.8 Å². The number of hydrogen-bond donors (Lipinski definition) is 2. The standard InChI is InChI=1S/C25H32FN3O4S/c1-23(2,3)25(13-12-19-20(26)10-7-11-21(19)27)17-28(22(30)31)16-24(14-15-24)29(25)34(32,33)18-8-5-4-6-9-18/h4-11H,12-17,27H2,1-3H3,(H,30,31). The molecule has 1 unspecified atom stereocenters. The van der Waals surface area contributed by atoms with Crippen LogP contribution >= 0.6 is 0 Å². The molecule has 1 heterocycles. The summed E-state index contributed by atoms with van der Waals surface area (Å²) in [4.78, 5) is 13.7. The number of nitrogens with two attached hydrogens (primary N) is 1. The Kier molecular flexibility index (Phi) is 5.93. The fourth-order valence-corrected chi connectivity index (χ4v) is 7.75. The van der Waals surface area contributed by atoms with Gasteiger partial charge in [0.1, 0.15) is 5.82 Å². The van der Waals surface area contributed by atoms with Gasteiger partial charge in [-0.05, 0) is 55.4 Å². The molecule has 4 rings (SSSR count). The highest BCUT2D eigenvalue weighted by atomic mass is 32.2. The molecule has 1 spiro atoms. The zero-order valence-electron chi connectivity index (χ0n) is 19.8. The molecule has 1 aliphatic carbocycles. The van der Waals surface area contributed by atoms with Crippen molar-refractivity contribution in [3.05, 3.63) is 59.9 Å². The molecule has 3 N–H and O–H groups in total. The molecule has 2 aromatic rings. The Labute approximate surface area is 200 Å². The first-order valence-corrected chi connectivity index (χ1v) is 12.9. The molecule has 0 bridgehead atoms. The molecule has 2 aliphatic rings. The lowest BCUT2D eigenvalue weighted by Crippen LogP contribution is -2.74. The lowest BCUT2D eigenvalue weighted by atomic mass is 9.68.